The second-order valence-corrected chi connectivity index (χ2v) is 2.33. The summed E-state index contributed by atoms with van der Waals surface area (Å²) in [5.74, 6) is -0.0329. The Morgan fingerprint density at radius 1 is 1.25 bits per heavy atom. The zero-order valence-electron chi connectivity index (χ0n) is 6.20. The van der Waals surface area contributed by atoms with E-state index in [1.54, 1.807) is 0 Å². The fourth-order valence-electron chi connectivity index (χ4n) is 0.972. The van der Waals surface area contributed by atoms with Gasteiger partial charge in [-0.25, -0.2) is 0 Å². The first kappa shape index (κ1) is 6.91. The summed E-state index contributed by atoms with van der Waals surface area (Å²) < 4.78 is 4.80. The normalized spacial score (nSPS) is 10.0. The number of hydrogen-bond donors (Lipinski definition) is 1. The van der Waals surface area contributed by atoms with Crippen LogP contribution in [-0.4, -0.2) is 4.98 Å². The first-order chi connectivity index (χ1) is 5.86. The molecule has 12 heavy (non-hydrogen) atoms. The van der Waals surface area contributed by atoms with Crippen LogP contribution in [-0.2, 0) is 0 Å². The molecule has 1 heterocycles. The number of benzene rings is 1. The van der Waals surface area contributed by atoms with Crippen LogP contribution >= 0.6 is 0 Å². The molecule has 2 rings (SSSR count). The van der Waals surface area contributed by atoms with Crippen LogP contribution in [0.5, 0.6) is 0 Å². The first-order valence-corrected chi connectivity index (χ1v) is 3.52. The monoisotopic (exact) mass is 160 g/mol. The molecule has 0 aliphatic heterocycles. The van der Waals surface area contributed by atoms with Crippen molar-refractivity contribution in [2.45, 2.75) is 0 Å². The second-order valence-electron chi connectivity index (χ2n) is 2.33. The molecule has 0 aliphatic rings. The molecule has 3 nitrogen and oxygen atoms in total. The van der Waals surface area contributed by atoms with E-state index in [9.17, 15) is 4.79 Å². The van der Waals surface area contributed by atoms with Crippen LogP contribution in [0.4, 0.5) is 0 Å². The van der Waals surface area contributed by atoms with Gasteiger partial charge in [0.05, 0.1) is 0 Å². The molecule has 0 atom stereocenters. The van der Waals surface area contributed by atoms with Crippen molar-refractivity contribution in [3.63, 3.8) is 0 Å². The maximum Gasteiger partial charge on any atom is 0.307 e. The fraction of sp³-hybridized carbons (Fsp3) is 0. The van der Waals surface area contributed by atoms with Gasteiger partial charge in [-0.2, -0.15) is 0 Å². The molecule has 2 aromatic rings. The van der Waals surface area contributed by atoms with Crippen molar-refractivity contribution in [3.05, 3.63) is 47.1 Å². The van der Waals surface area contributed by atoms with Crippen molar-refractivity contribution < 1.29 is 4.42 Å². The lowest BCUT2D eigenvalue weighted by Gasteiger charge is -1.99. The summed E-state index contributed by atoms with van der Waals surface area (Å²) in [5.41, 5.74) is 0.843. The van der Waals surface area contributed by atoms with E-state index in [2.05, 4.69) is 11.2 Å². The summed E-state index contributed by atoms with van der Waals surface area (Å²) in [7, 11) is 0. The van der Waals surface area contributed by atoms with E-state index in [0.717, 1.165) is 5.56 Å². The lowest BCUT2D eigenvalue weighted by Crippen LogP contribution is -1.92. The van der Waals surface area contributed by atoms with Crippen LogP contribution in [0.2, 0.25) is 0 Å². The molecule has 60 valence electrons. The fourth-order valence-corrected chi connectivity index (χ4v) is 0.972. The molecule has 1 aromatic heterocycles. The van der Waals surface area contributed by atoms with Gasteiger partial charge in [0.15, 0.2) is 0 Å². The zero-order valence-corrected chi connectivity index (χ0v) is 6.20. The third-order valence-electron chi connectivity index (χ3n) is 1.51. The number of H-pyrrole nitrogens is 1. The lowest BCUT2D eigenvalue weighted by molar-refractivity contribution is 0.528. The van der Waals surface area contributed by atoms with Crippen LogP contribution in [0.15, 0.2) is 39.5 Å². The Kier molecular flexibility index (Phi) is 1.55. The van der Waals surface area contributed by atoms with Crippen LogP contribution in [0.3, 0.4) is 0 Å². The zero-order chi connectivity index (χ0) is 8.39. The third-order valence-corrected chi connectivity index (χ3v) is 1.51. The Hall–Kier alpha value is -1.77. The van der Waals surface area contributed by atoms with Gasteiger partial charge in [0.1, 0.15) is 0 Å². The molecule has 0 saturated heterocycles. The van der Waals surface area contributed by atoms with Crippen molar-refractivity contribution in [2.75, 3.05) is 0 Å². The van der Waals surface area contributed by atoms with Crippen molar-refractivity contribution in [1.29, 1.82) is 0 Å². The van der Waals surface area contributed by atoms with Gasteiger partial charge in [0.2, 0.25) is 0 Å². The molecule has 0 fully saturated rings. The van der Waals surface area contributed by atoms with Crippen molar-refractivity contribution in [2.24, 2.45) is 0 Å². The summed E-state index contributed by atoms with van der Waals surface area (Å²) in [6, 6.07) is 9.34. The molecule has 0 radical (unpaired) electrons. The van der Waals surface area contributed by atoms with Crippen molar-refractivity contribution in [3.8, 4) is 11.3 Å². The highest BCUT2D eigenvalue weighted by molar-refractivity contribution is 5.54. The van der Waals surface area contributed by atoms with E-state index in [0.29, 0.717) is 5.76 Å². The topological polar surface area (TPSA) is 46.0 Å². The highest BCUT2D eigenvalue weighted by Gasteiger charge is 1.90. The molecule has 1 aromatic carbocycles. The standard InChI is InChI=1S/C9H6NO2/c11-9-10-6-8(12-9)7-4-2-1-3-5-7/h1-5H,(H,10,11)/q-1. The van der Waals surface area contributed by atoms with Crippen molar-refractivity contribution in [1.82, 2.24) is 4.98 Å². The summed E-state index contributed by atoms with van der Waals surface area (Å²) >= 11 is 0. The molecule has 0 bridgehead atoms. The largest absolute Gasteiger partial charge is 0.492 e. The molecule has 0 unspecified atom stereocenters. The Bertz CT molecular complexity index is 413. The van der Waals surface area contributed by atoms with Gasteiger partial charge in [-0.05, 0) is 0 Å². The molecule has 0 aliphatic carbocycles. The van der Waals surface area contributed by atoms with Crippen LogP contribution in [0, 0.1) is 6.20 Å². The summed E-state index contributed by atoms with van der Waals surface area (Å²) in [6.07, 6.45) is 2.62. The highest BCUT2D eigenvalue weighted by atomic mass is 16.4. The quantitative estimate of drug-likeness (QED) is 0.641. The molecule has 0 amide bonds. The van der Waals surface area contributed by atoms with E-state index in [1.807, 2.05) is 30.3 Å². The van der Waals surface area contributed by atoms with Crippen LogP contribution < -0.4 is 5.76 Å². The number of aromatic nitrogens is 1. The molecular weight excluding hydrogens is 154 g/mol. The lowest BCUT2D eigenvalue weighted by atomic mass is 10.2. The van der Waals surface area contributed by atoms with Crippen LogP contribution in [0.1, 0.15) is 0 Å². The Morgan fingerprint density at radius 2 is 2.00 bits per heavy atom. The number of nitrogens with one attached hydrogen (secondary N) is 1. The average Bonchev–Trinajstić information content (AvgIpc) is 2.54. The van der Waals surface area contributed by atoms with Gasteiger partial charge < -0.3 is 14.2 Å². The maximum atomic E-state index is 10.6. The predicted octanol–water partition coefficient (Wildman–Crippen LogP) is 1.44. The van der Waals surface area contributed by atoms with Gasteiger partial charge in [-0.15, -0.1) is 12.1 Å². The van der Waals surface area contributed by atoms with Gasteiger partial charge in [0, 0.05) is 5.76 Å². The highest BCUT2D eigenvalue weighted by Crippen LogP contribution is 2.14. The summed E-state index contributed by atoms with van der Waals surface area (Å²) in [6.45, 7) is 0. The first-order valence-electron chi connectivity index (χ1n) is 3.52. The Labute approximate surface area is 68.7 Å². The minimum absolute atomic E-state index is 0.445. The van der Waals surface area contributed by atoms with Gasteiger partial charge in [0.25, 0.3) is 0 Å². The SMILES string of the molecule is O=c1[nH][c-]c(-c2ccccc2)o1. The second kappa shape index (κ2) is 2.70. The van der Waals surface area contributed by atoms with Crippen LogP contribution in [0.25, 0.3) is 11.3 Å². The Morgan fingerprint density at radius 3 is 2.58 bits per heavy atom. The van der Waals surface area contributed by atoms with Gasteiger partial charge >= 0.3 is 5.76 Å². The maximum absolute atomic E-state index is 10.6. The molecule has 3 heteroatoms. The molecule has 1 N–H and O–H groups in total. The van der Waals surface area contributed by atoms with E-state index in [1.165, 1.54) is 0 Å². The minimum atomic E-state index is -0.478. The summed E-state index contributed by atoms with van der Waals surface area (Å²) in [5, 5.41) is 0. The van der Waals surface area contributed by atoms with E-state index in [-0.39, 0.29) is 0 Å². The van der Waals surface area contributed by atoms with E-state index in [4.69, 9.17) is 4.42 Å². The number of oxazole rings is 1. The van der Waals surface area contributed by atoms with Gasteiger partial charge in [-0.3, -0.25) is 0 Å². The molecular formula is C9H6NO2-. The molecule has 0 saturated carbocycles. The van der Waals surface area contributed by atoms with Gasteiger partial charge in [-0.1, -0.05) is 30.0 Å². The number of hydrogen-bond acceptors (Lipinski definition) is 2. The predicted molar refractivity (Wildman–Crippen MR) is 43.6 cm³/mol. The number of aromatic amines is 1. The van der Waals surface area contributed by atoms with Crippen molar-refractivity contribution >= 4 is 0 Å². The summed E-state index contributed by atoms with van der Waals surface area (Å²) in [4.78, 5) is 12.9. The Balaban J connectivity index is 2.51. The minimum Gasteiger partial charge on any atom is -0.492 e. The smallest absolute Gasteiger partial charge is 0.307 e. The average molecular weight is 160 g/mol. The number of rotatable bonds is 1. The van der Waals surface area contributed by atoms with E-state index < -0.39 is 5.76 Å². The molecule has 0 spiro atoms. The third kappa shape index (κ3) is 1.16. The van der Waals surface area contributed by atoms with E-state index >= 15 is 0 Å².